The molecule has 0 bridgehead atoms. The van der Waals surface area contributed by atoms with Crippen molar-refractivity contribution in [3.05, 3.63) is 42.7 Å². The predicted molar refractivity (Wildman–Crippen MR) is 82.6 cm³/mol. The van der Waals surface area contributed by atoms with Crippen LogP contribution in [0.5, 0.6) is 0 Å². The van der Waals surface area contributed by atoms with Crippen LogP contribution in [0.3, 0.4) is 0 Å². The Kier molecular flexibility index (Phi) is 3.91. The highest BCUT2D eigenvalue weighted by Crippen LogP contribution is 2.20. The first-order valence-corrected chi connectivity index (χ1v) is 7.33. The van der Waals surface area contributed by atoms with Gasteiger partial charge in [0, 0.05) is 31.5 Å². The van der Waals surface area contributed by atoms with Crippen LogP contribution in [0, 0.1) is 0 Å². The van der Waals surface area contributed by atoms with E-state index < -0.39 is 0 Å². The standard InChI is InChI=1S/C16H18N4O2/c1-12(21)19-9-3-7-15(19)16(22)18-13-5-2-6-14(11-13)20-10-4-8-17-20/h2,4-6,8,10-11,15H,3,7,9H2,1H3,(H,18,22)/t15-/m0/s1. The van der Waals surface area contributed by atoms with Crippen molar-refractivity contribution in [1.29, 1.82) is 0 Å². The largest absolute Gasteiger partial charge is 0.331 e. The molecule has 1 atom stereocenters. The van der Waals surface area contributed by atoms with Crippen LogP contribution in [-0.2, 0) is 9.59 Å². The molecule has 0 unspecified atom stereocenters. The Morgan fingerprint density at radius 2 is 2.18 bits per heavy atom. The van der Waals surface area contributed by atoms with Gasteiger partial charge in [0.05, 0.1) is 5.69 Å². The van der Waals surface area contributed by atoms with Crippen molar-refractivity contribution in [2.75, 3.05) is 11.9 Å². The van der Waals surface area contributed by atoms with Crippen molar-refractivity contribution in [3.8, 4) is 5.69 Å². The second-order valence-electron chi connectivity index (χ2n) is 5.36. The van der Waals surface area contributed by atoms with Gasteiger partial charge in [-0.3, -0.25) is 9.59 Å². The van der Waals surface area contributed by atoms with Crippen molar-refractivity contribution in [3.63, 3.8) is 0 Å². The molecule has 1 fully saturated rings. The topological polar surface area (TPSA) is 67.2 Å². The lowest BCUT2D eigenvalue weighted by molar-refractivity contribution is -0.134. The minimum absolute atomic E-state index is 0.0528. The Hall–Kier alpha value is -2.63. The van der Waals surface area contributed by atoms with Crippen LogP contribution in [0.4, 0.5) is 5.69 Å². The maximum atomic E-state index is 12.4. The quantitative estimate of drug-likeness (QED) is 0.940. The summed E-state index contributed by atoms with van der Waals surface area (Å²) in [6.07, 6.45) is 5.12. The van der Waals surface area contributed by atoms with Gasteiger partial charge in [0.2, 0.25) is 11.8 Å². The maximum Gasteiger partial charge on any atom is 0.247 e. The first kappa shape index (κ1) is 14.3. The van der Waals surface area contributed by atoms with E-state index in [0.717, 1.165) is 12.1 Å². The van der Waals surface area contributed by atoms with Crippen LogP contribution in [0.1, 0.15) is 19.8 Å². The summed E-state index contributed by atoms with van der Waals surface area (Å²) in [6, 6.07) is 8.94. The van der Waals surface area contributed by atoms with E-state index in [-0.39, 0.29) is 17.9 Å². The van der Waals surface area contributed by atoms with Gasteiger partial charge in [-0.05, 0) is 37.1 Å². The minimum Gasteiger partial charge on any atom is -0.331 e. The summed E-state index contributed by atoms with van der Waals surface area (Å²) >= 11 is 0. The fourth-order valence-corrected chi connectivity index (χ4v) is 2.79. The van der Waals surface area contributed by atoms with Crippen molar-refractivity contribution in [2.24, 2.45) is 0 Å². The van der Waals surface area contributed by atoms with Gasteiger partial charge in [0.1, 0.15) is 6.04 Å². The summed E-state index contributed by atoms with van der Waals surface area (Å²) < 4.78 is 1.73. The van der Waals surface area contributed by atoms with Crippen molar-refractivity contribution >= 4 is 17.5 Å². The van der Waals surface area contributed by atoms with Crippen LogP contribution in [0.2, 0.25) is 0 Å². The molecule has 2 amide bonds. The number of benzene rings is 1. The molecule has 1 aromatic carbocycles. The molecule has 2 aromatic rings. The summed E-state index contributed by atoms with van der Waals surface area (Å²) in [5, 5.41) is 7.07. The maximum absolute atomic E-state index is 12.4. The summed E-state index contributed by atoms with van der Waals surface area (Å²) in [4.78, 5) is 25.6. The summed E-state index contributed by atoms with van der Waals surface area (Å²) in [6.45, 7) is 2.16. The normalized spacial score (nSPS) is 17.5. The second kappa shape index (κ2) is 6.01. The van der Waals surface area contributed by atoms with Crippen molar-refractivity contribution < 1.29 is 9.59 Å². The lowest BCUT2D eigenvalue weighted by Crippen LogP contribution is -2.42. The number of nitrogens with zero attached hydrogens (tertiary/aromatic N) is 3. The van der Waals surface area contributed by atoms with Crippen LogP contribution in [0.15, 0.2) is 42.7 Å². The van der Waals surface area contributed by atoms with Crippen molar-refractivity contribution in [2.45, 2.75) is 25.8 Å². The van der Waals surface area contributed by atoms with Crippen LogP contribution in [0.25, 0.3) is 5.69 Å². The molecule has 114 valence electrons. The van der Waals surface area contributed by atoms with Gasteiger partial charge in [-0.15, -0.1) is 0 Å². The number of likely N-dealkylation sites (tertiary alicyclic amines) is 1. The van der Waals surface area contributed by atoms with Crippen LogP contribution >= 0.6 is 0 Å². The Morgan fingerprint density at radius 1 is 1.32 bits per heavy atom. The molecule has 0 spiro atoms. The monoisotopic (exact) mass is 298 g/mol. The van der Waals surface area contributed by atoms with Crippen LogP contribution < -0.4 is 5.32 Å². The molecule has 3 rings (SSSR count). The number of rotatable bonds is 3. The van der Waals surface area contributed by atoms with E-state index in [1.807, 2.05) is 36.5 Å². The summed E-state index contributed by atoms with van der Waals surface area (Å²) in [5.74, 6) is -0.187. The van der Waals surface area contributed by atoms with Gasteiger partial charge in [-0.1, -0.05) is 6.07 Å². The third-order valence-corrected chi connectivity index (χ3v) is 3.84. The van der Waals surface area contributed by atoms with Gasteiger partial charge in [-0.25, -0.2) is 4.68 Å². The zero-order chi connectivity index (χ0) is 15.5. The minimum atomic E-state index is -0.370. The molecule has 1 N–H and O–H groups in total. The zero-order valence-electron chi connectivity index (χ0n) is 12.4. The summed E-state index contributed by atoms with van der Waals surface area (Å²) in [7, 11) is 0. The van der Waals surface area contributed by atoms with E-state index in [1.165, 1.54) is 6.92 Å². The predicted octanol–water partition coefficient (Wildman–Crippen LogP) is 1.82. The molecule has 1 saturated heterocycles. The molecule has 0 radical (unpaired) electrons. The van der Waals surface area contributed by atoms with E-state index >= 15 is 0 Å². The fraction of sp³-hybridized carbons (Fsp3) is 0.312. The molecule has 22 heavy (non-hydrogen) atoms. The number of hydrogen-bond acceptors (Lipinski definition) is 3. The first-order chi connectivity index (χ1) is 10.6. The molecule has 2 heterocycles. The molecular weight excluding hydrogens is 280 g/mol. The number of nitrogens with one attached hydrogen (secondary N) is 1. The lowest BCUT2D eigenvalue weighted by Gasteiger charge is -2.22. The molecular formula is C16H18N4O2. The SMILES string of the molecule is CC(=O)N1CCC[C@H]1C(=O)Nc1cccc(-n2cccn2)c1. The zero-order valence-corrected chi connectivity index (χ0v) is 12.4. The number of anilines is 1. The highest BCUT2D eigenvalue weighted by atomic mass is 16.2. The van der Waals surface area contributed by atoms with Crippen LogP contribution in [-0.4, -0.2) is 39.1 Å². The van der Waals surface area contributed by atoms with E-state index in [4.69, 9.17) is 0 Å². The van der Waals surface area contributed by atoms with Gasteiger partial charge in [0.25, 0.3) is 0 Å². The average molecular weight is 298 g/mol. The lowest BCUT2D eigenvalue weighted by atomic mass is 10.2. The number of amides is 2. The third-order valence-electron chi connectivity index (χ3n) is 3.84. The number of hydrogen-bond donors (Lipinski definition) is 1. The Morgan fingerprint density at radius 3 is 2.91 bits per heavy atom. The second-order valence-corrected chi connectivity index (χ2v) is 5.36. The van der Waals surface area contributed by atoms with E-state index in [2.05, 4.69) is 10.4 Å². The molecule has 1 aliphatic rings. The Balaban J connectivity index is 1.74. The first-order valence-electron chi connectivity index (χ1n) is 7.33. The Labute approximate surface area is 128 Å². The average Bonchev–Trinajstić information content (AvgIpc) is 3.19. The molecule has 0 saturated carbocycles. The third kappa shape index (κ3) is 2.86. The van der Waals surface area contributed by atoms with Gasteiger partial charge < -0.3 is 10.2 Å². The molecule has 6 nitrogen and oxygen atoms in total. The fourth-order valence-electron chi connectivity index (χ4n) is 2.79. The number of carbonyl (C=O) groups excluding carboxylic acids is 2. The highest BCUT2D eigenvalue weighted by molar-refractivity contribution is 5.97. The van der Waals surface area contributed by atoms with Gasteiger partial charge in [0.15, 0.2) is 0 Å². The Bertz CT molecular complexity index is 681. The van der Waals surface area contributed by atoms with E-state index in [0.29, 0.717) is 18.7 Å². The number of carbonyl (C=O) groups is 2. The van der Waals surface area contributed by atoms with E-state index in [1.54, 1.807) is 15.8 Å². The molecule has 0 aliphatic carbocycles. The molecule has 1 aliphatic heterocycles. The smallest absolute Gasteiger partial charge is 0.247 e. The molecule has 6 heteroatoms. The highest BCUT2D eigenvalue weighted by Gasteiger charge is 2.32. The number of aromatic nitrogens is 2. The molecule has 1 aromatic heterocycles. The summed E-state index contributed by atoms with van der Waals surface area (Å²) in [5.41, 5.74) is 1.58. The van der Waals surface area contributed by atoms with Gasteiger partial charge in [-0.2, -0.15) is 5.10 Å². The van der Waals surface area contributed by atoms with Crippen molar-refractivity contribution in [1.82, 2.24) is 14.7 Å². The van der Waals surface area contributed by atoms with E-state index in [9.17, 15) is 9.59 Å². The van der Waals surface area contributed by atoms with Gasteiger partial charge >= 0.3 is 0 Å².